The molecule has 2 aromatic rings. The van der Waals surface area contributed by atoms with Crippen molar-refractivity contribution >= 4 is 45.1 Å². The van der Waals surface area contributed by atoms with Gasteiger partial charge in [0.05, 0.1) is 29.7 Å². The van der Waals surface area contributed by atoms with E-state index in [-0.39, 0.29) is 29.6 Å². The van der Waals surface area contributed by atoms with Gasteiger partial charge in [0.2, 0.25) is 15.9 Å². The zero-order valence-electron chi connectivity index (χ0n) is 22.3. The Morgan fingerprint density at radius 1 is 1.10 bits per heavy atom. The average molecular weight is 594 g/mol. The second kappa shape index (κ2) is 10.7. The average Bonchev–Trinajstić information content (AvgIpc) is 3.84. The first-order valence-electron chi connectivity index (χ1n) is 13.4. The molecule has 7 nitrogen and oxygen atoms in total. The summed E-state index contributed by atoms with van der Waals surface area (Å²) in [6.45, 7) is 2.14. The number of hydrogen-bond acceptors (Lipinski definition) is 5. The second-order valence-electron chi connectivity index (χ2n) is 11.1. The molecule has 5 rings (SSSR count). The molecular weight excluding hydrogens is 559 g/mol. The van der Waals surface area contributed by atoms with Gasteiger partial charge in [0.25, 0.3) is 0 Å². The van der Waals surface area contributed by atoms with E-state index in [1.165, 1.54) is 11.4 Å². The lowest BCUT2D eigenvalue weighted by atomic mass is 9.72. The molecule has 2 aliphatic carbocycles. The highest BCUT2D eigenvalue weighted by Gasteiger charge is 2.69. The summed E-state index contributed by atoms with van der Waals surface area (Å²) in [5.41, 5.74) is 0.960. The van der Waals surface area contributed by atoms with Crippen LogP contribution in [0.4, 0.5) is 0 Å². The van der Waals surface area contributed by atoms with E-state index in [4.69, 9.17) is 27.9 Å². The summed E-state index contributed by atoms with van der Waals surface area (Å²) in [5.74, 6) is -1.23. The van der Waals surface area contributed by atoms with Gasteiger partial charge in [-0.2, -0.15) is 0 Å². The van der Waals surface area contributed by atoms with Crippen LogP contribution in [0.3, 0.4) is 0 Å². The fourth-order valence-corrected chi connectivity index (χ4v) is 8.25. The van der Waals surface area contributed by atoms with E-state index in [1.807, 2.05) is 48.2 Å². The minimum Gasteiger partial charge on any atom is -0.469 e. The van der Waals surface area contributed by atoms with Gasteiger partial charge < -0.3 is 9.64 Å². The topological polar surface area (TPSA) is 84.0 Å². The first kappa shape index (κ1) is 28.4. The number of benzene rings is 2. The Kier molecular flexibility index (Phi) is 7.79. The summed E-state index contributed by atoms with van der Waals surface area (Å²) < 4.78 is 32.6. The maximum Gasteiger partial charge on any atom is 0.309 e. The quantitative estimate of drug-likeness (QED) is 0.362. The predicted octanol–water partition coefficient (Wildman–Crippen LogP) is 5.43. The first-order valence-corrected chi connectivity index (χ1v) is 15.7. The van der Waals surface area contributed by atoms with Gasteiger partial charge >= 0.3 is 5.97 Å². The van der Waals surface area contributed by atoms with Crippen molar-refractivity contribution in [3.8, 4) is 0 Å². The van der Waals surface area contributed by atoms with Gasteiger partial charge in [-0.25, -0.2) is 12.7 Å². The third-order valence-electron chi connectivity index (χ3n) is 8.69. The van der Waals surface area contributed by atoms with Crippen LogP contribution in [0.5, 0.6) is 0 Å². The molecule has 0 N–H and O–H groups in total. The minimum absolute atomic E-state index is 0.125. The smallest absolute Gasteiger partial charge is 0.309 e. The summed E-state index contributed by atoms with van der Waals surface area (Å²) in [6.07, 6.45) is 2.75. The van der Waals surface area contributed by atoms with Crippen molar-refractivity contribution in [2.24, 2.45) is 11.3 Å². The fourth-order valence-electron chi connectivity index (χ4n) is 6.31. The van der Waals surface area contributed by atoms with Gasteiger partial charge in [-0.3, -0.25) is 9.59 Å². The molecule has 2 aromatic carbocycles. The van der Waals surface area contributed by atoms with Crippen molar-refractivity contribution in [3.05, 3.63) is 69.7 Å². The molecule has 10 heteroatoms. The highest BCUT2D eigenvalue weighted by Crippen LogP contribution is 2.65. The third-order valence-corrected chi connectivity index (χ3v) is 11.5. The largest absolute Gasteiger partial charge is 0.469 e. The van der Waals surface area contributed by atoms with Crippen LogP contribution in [0.1, 0.15) is 62.1 Å². The van der Waals surface area contributed by atoms with Crippen LogP contribution in [0.2, 0.25) is 10.0 Å². The highest BCUT2D eigenvalue weighted by molar-refractivity contribution is 7.90. The number of rotatable bonds is 9. The Morgan fingerprint density at radius 3 is 2.38 bits per heavy atom. The van der Waals surface area contributed by atoms with Crippen molar-refractivity contribution in [3.63, 3.8) is 0 Å². The molecule has 3 aliphatic rings. The Balaban J connectivity index is 1.63. The standard InChI is InChI=1S/C29H34Cl2N2O5S/c1-4-22(17-32(2)39(36,37)23-12-13-23)33-26(18-8-10-20(30)11-9-18)24(19-6-5-7-21(31)14-19)15-29(28(33)35)16-25(29)27(34)38-3/h5-11,14,22-26H,4,12-13,15-17H2,1-3H3/t22-,24+,25?,26+,29?/m0/s1. The third kappa shape index (κ3) is 5.21. The molecule has 210 valence electrons. The molecule has 0 aromatic heterocycles. The zero-order valence-corrected chi connectivity index (χ0v) is 24.7. The normalized spacial score (nSPS) is 27.6. The first-order chi connectivity index (χ1) is 18.5. The van der Waals surface area contributed by atoms with Crippen LogP contribution in [-0.2, 0) is 24.3 Å². The number of sulfonamides is 1. The van der Waals surface area contributed by atoms with E-state index >= 15 is 0 Å². The molecule has 1 heterocycles. The van der Waals surface area contributed by atoms with Crippen LogP contribution in [0.15, 0.2) is 48.5 Å². The molecule has 0 bridgehead atoms. The molecule has 1 spiro atoms. The van der Waals surface area contributed by atoms with E-state index in [2.05, 4.69) is 0 Å². The number of nitrogens with zero attached hydrogens (tertiary/aromatic N) is 2. The van der Waals surface area contributed by atoms with Crippen molar-refractivity contribution in [1.29, 1.82) is 0 Å². The molecular formula is C29H34Cl2N2O5S. The molecule has 1 aliphatic heterocycles. The molecule has 0 radical (unpaired) electrons. The van der Waals surface area contributed by atoms with Crippen molar-refractivity contribution in [2.75, 3.05) is 20.7 Å². The van der Waals surface area contributed by atoms with Crippen LogP contribution in [0.25, 0.3) is 0 Å². The van der Waals surface area contributed by atoms with Crippen LogP contribution < -0.4 is 0 Å². The number of piperidine rings is 1. The molecule has 5 atom stereocenters. The predicted molar refractivity (Wildman–Crippen MR) is 151 cm³/mol. The second-order valence-corrected chi connectivity index (χ2v) is 14.3. The maximum atomic E-state index is 14.5. The van der Waals surface area contributed by atoms with Crippen LogP contribution in [0, 0.1) is 11.3 Å². The lowest BCUT2D eigenvalue weighted by molar-refractivity contribution is -0.155. The molecule has 3 fully saturated rings. The number of carbonyl (C=O) groups is 2. The maximum absolute atomic E-state index is 14.5. The van der Waals surface area contributed by atoms with Gasteiger partial charge in [-0.05, 0) is 67.5 Å². The summed E-state index contributed by atoms with van der Waals surface area (Å²) in [4.78, 5) is 29.1. The monoisotopic (exact) mass is 592 g/mol. The Labute approximate surface area is 240 Å². The van der Waals surface area contributed by atoms with Crippen molar-refractivity contribution in [2.45, 2.75) is 62.3 Å². The molecule has 2 unspecified atom stereocenters. The lowest BCUT2D eigenvalue weighted by Crippen LogP contribution is -2.56. The molecule has 2 saturated carbocycles. The number of esters is 1. The van der Waals surface area contributed by atoms with E-state index in [0.29, 0.717) is 42.1 Å². The summed E-state index contributed by atoms with van der Waals surface area (Å²) in [7, 11) is -0.499. The van der Waals surface area contributed by atoms with E-state index in [9.17, 15) is 18.0 Å². The Hall–Kier alpha value is -2.13. The summed E-state index contributed by atoms with van der Waals surface area (Å²) in [6, 6.07) is 14.3. The van der Waals surface area contributed by atoms with Crippen LogP contribution in [-0.4, -0.2) is 61.5 Å². The molecule has 1 saturated heterocycles. The highest BCUT2D eigenvalue weighted by atomic mass is 35.5. The van der Waals surface area contributed by atoms with Gasteiger partial charge in [-0.15, -0.1) is 0 Å². The van der Waals surface area contributed by atoms with E-state index in [0.717, 1.165) is 11.1 Å². The van der Waals surface area contributed by atoms with Gasteiger partial charge in [0.1, 0.15) is 0 Å². The summed E-state index contributed by atoms with van der Waals surface area (Å²) >= 11 is 12.7. The minimum atomic E-state index is -3.44. The number of carbonyl (C=O) groups excluding carboxylic acids is 2. The zero-order chi connectivity index (χ0) is 28.1. The summed E-state index contributed by atoms with van der Waals surface area (Å²) in [5, 5.41) is 0.822. The van der Waals surface area contributed by atoms with Crippen molar-refractivity contribution in [1.82, 2.24) is 9.21 Å². The SMILES string of the molecule is CC[C@@H](CN(C)S(=O)(=O)C1CC1)N1C(=O)C2(CC2C(=O)OC)C[C@H](c2cccc(Cl)c2)[C@H]1c1ccc(Cl)cc1. The van der Waals surface area contributed by atoms with Crippen molar-refractivity contribution < 1.29 is 22.7 Å². The number of amides is 1. The molecule has 39 heavy (non-hydrogen) atoms. The number of likely N-dealkylation sites (N-methyl/N-ethyl adjacent to an activating group) is 1. The van der Waals surface area contributed by atoms with Gasteiger partial charge in [0, 0.05) is 35.6 Å². The number of halogens is 2. The van der Waals surface area contributed by atoms with Gasteiger partial charge in [0.15, 0.2) is 0 Å². The molecule has 1 amide bonds. The number of ether oxygens (including phenoxy) is 1. The number of methoxy groups -OCH3 is 1. The fraction of sp³-hybridized carbons (Fsp3) is 0.517. The van der Waals surface area contributed by atoms with E-state index < -0.39 is 33.4 Å². The Morgan fingerprint density at radius 2 is 1.79 bits per heavy atom. The number of likely N-dealkylation sites (tertiary alicyclic amines) is 1. The van der Waals surface area contributed by atoms with Crippen LogP contribution >= 0.6 is 23.2 Å². The van der Waals surface area contributed by atoms with E-state index in [1.54, 1.807) is 19.2 Å². The Bertz CT molecular complexity index is 1360. The lowest BCUT2D eigenvalue weighted by Gasteiger charge is -2.49. The van der Waals surface area contributed by atoms with Gasteiger partial charge in [-0.1, -0.05) is 54.4 Å². The number of hydrogen-bond donors (Lipinski definition) is 0.